The maximum Gasteiger partial charge on any atom is 0.243 e. The van der Waals surface area contributed by atoms with Gasteiger partial charge in [0.05, 0.1) is 6.61 Å². The first kappa shape index (κ1) is 17.8. The van der Waals surface area contributed by atoms with E-state index in [-0.39, 0.29) is 0 Å². The normalized spacial score (nSPS) is 11.0. The number of rotatable bonds is 7. The fraction of sp³-hybridized carbons (Fsp3) is 0.353. The molecule has 0 atom stereocenters. The molecule has 0 N–H and O–H groups in total. The van der Waals surface area contributed by atoms with Gasteiger partial charge in [-0.25, -0.2) is 0 Å². The Hall–Kier alpha value is -1.99. The molecule has 0 bridgehead atoms. The first-order chi connectivity index (χ1) is 12.1. The highest BCUT2D eigenvalue weighted by molar-refractivity contribution is 7.98. The topological polar surface area (TPSA) is 57.8 Å². The van der Waals surface area contributed by atoms with E-state index in [2.05, 4.69) is 15.3 Å². The van der Waals surface area contributed by atoms with Crippen LogP contribution in [0.25, 0.3) is 11.4 Å². The number of aromatic nitrogens is 5. The molecule has 0 aliphatic rings. The second-order valence-corrected chi connectivity index (χ2v) is 6.73. The molecular weight excluding hydrogens is 358 g/mol. The third kappa shape index (κ3) is 3.82. The number of benzene rings is 1. The van der Waals surface area contributed by atoms with E-state index in [1.54, 1.807) is 11.8 Å². The van der Waals surface area contributed by atoms with Gasteiger partial charge >= 0.3 is 0 Å². The van der Waals surface area contributed by atoms with Crippen molar-refractivity contribution in [2.45, 2.75) is 31.3 Å². The summed E-state index contributed by atoms with van der Waals surface area (Å²) in [6, 6.07) is 7.83. The average molecular weight is 378 g/mol. The summed E-state index contributed by atoms with van der Waals surface area (Å²) in [5.41, 5.74) is 1.93. The van der Waals surface area contributed by atoms with Crippen LogP contribution in [0.4, 0.5) is 0 Å². The van der Waals surface area contributed by atoms with Crippen molar-refractivity contribution in [1.29, 1.82) is 0 Å². The molecule has 3 aromatic rings. The van der Waals surface area contributed by atoms with E-state index in [1.807, 2.05) is 60.6 Å². The number of hydrogen-bond acceptors (Lipinski definition) is 5. The molecule has 3 rings (SSSR count). The molecule has 0 radical (unpaired) electrons. The van der Waals surface area contributed by atoms with E-state index < -0.39 is 0 Å². The van der Waals surface area contributed by atoms with Crippen LogP contribution in [0.5, 0.6) is 5.88 Å². The minimum absolute atomic E-state index is 0.555. The molecule has 0 amide bonds. The monoisotopic (exact) mass is 377 g/mol. The molecule has 25 heavy (non-hydrogen) atoms. The first-order valence-electron chi connectivity index (χ1n) is 8.10. The summed E-state index contributed by atoms with van der Waals surface area (Å²) in [6.07, 6.45) is 1.94. The fourth-order valence-electron chi connectivity index (χ4n) is 2.40. The Morgan fingerprint density at radius 1 is 1.20 bits per heavy atom. The van der Waals surface area contributed by atoms with Crippen molar-refractivity contribution in [2.75, 3.05) is 6.61 Å². The molecule has 0 aliphatic carbocycles. The number of thioether (sulfide) groups is 1. The quantitative estimate of drug-likeness (QED) is 0.581. The largest absolute Gasteiger partial charge is 0.476 e. The molecule has 132 valence electrons. The van der Waals surface area contributed by atoms with Crippen LogP contribution in [-0.4, -0.2) is 31.2 Å². The van der Waals surface area contributed by atoms with E-state index in [0.29, 0.717) is 12.5 Å². The molecule has 8 heteroatoms. The molecule has 0 spiro atoms. The van der Waals surface area contributed by atoms with Crippen LogP contribution in [0.1, 0.15) is 19.4 Å². The summed E-state index contributed by atoms with van der Waals surface area (Å²) >= 11 is 7.82. The molecule has 1 aromatic carbocycles. The van der Waals surface area contributed by atoms with Crippen LogP contribution in [0.15, 0.2) is 35.6 Å². The van der Waals surface area contributed by atoms with Crippen molar-refractivity contribution < 1.29 is 4.74 Å². The van der Waals surface area contributed by atoms with Gasteiger partial charge in [-0.15, -0.1) is 15.3 Å². The molecule has 0 aliphatic heterocycles. The van der Waals surface area contributed by atoms with Crippen molar-refractivity contribution in [2.24, 2.45) is 7.05 Å². The smallest absolute Gasteiger partial charge is 0.243 e. The predicted molar refractivity (Wildman–Crippen MR) is 100 cm³/mol. The Morgan fingerprint density at radius 3 is 2.72 bits per heavy atom. The van der Waals surface area contributed by atoms with Gasteiger partial charge < -0.3 is 9.30 Å². The molecule has 0 saturated heterocycles. The van der Waals surface area contributed by atoms with E-state index in [9.17, 15) is 0 Å². The molecule has 2 aromatic heterocycles. The van der Waals surface area contributed by atoms with Gasteiger partial charge in [0.2, 0.25) is 5.88 Å². The number of halogens is 1. The molecule has 2 heterocycles. The average Bonchev–Trinajstić information content (AvgIpc) is 3.18. The third-order valence-corrected chi connectivity index (χ3v) is 5.16. The highest BCUT2D eigenvalue weighted by atomic mass is 35.5. The van der Waals surface area contributed by atoms with E-state index >= 15 is 0 Å². The summed E-state index contributed by atoms with van der Waals surface area (Å²) in [5, 5.41) is 14.7. The van der Waals surface area contributed by atoms with E-state index in [0.717, 1.165) is 39.4 Å². The Balaban J connectivity index is 1.84. The van der Waals surface area contributed by atoms with Crippen molar-refractivity contribution in [1.82, 2.24) is 24.5 Å². The first-order valence-corrected chi connectivity index (χ1v) is 9.46. The molecule has 0 saturated carbocycles. The summed E-state index contributed by atoms with van der Waals surface area (Å²) in [5.74, 6) is 2.06. The van der Waals surface area contributed by atoms with Gasteiger partial charge in [0, 0.05) is 30.6 Å². The van der Waals surface area contributed by atoms with Gasteiger partial charge in [0.25, 0.3) is 0 Å². The van der Waals surface area contributed by atoms with Crippen LogP contribution in [-0.2, 0) is 19.3 Å². The maximum absolute atomic E-state index is 6.22. The lowest BCUT2D eigenvalue weighted by Crippen LogP contribution is -1.98. The fourth-order valence-corrected chi connectivity index (χ4v) is 3.59. The second kappa shape index (κ2) is 7.93. The van der Waals surface area contributed by atoms with Crippen molar-refractivity contribution in [3.05, 3.63) is 41.0 Å². The number of ether oxygens (including phenoxy) is 1. The molecule has 6 nitrogen and oxygen atoms in total. The van der Waals surface area contributed by atoms with Gasteiger partial charge in [0.1, 0.15) is 5.56 Å². The maximum atomic E-state index is 6.22. The zero-order chi connectivity index (χ0) is 17.8. The highest BCUT2D eigenvalue weighted by Gasteiger charge is 2.19. The minimum Gasteiger partial charge on any atom is -0.476 e. The number of hydrogen-bond donors (Lipinski definition) is 0. The summed E-state index contributed by atoms with van der Waals surface area (Å²) in [7, 11) is 1.95. The number of nitrogens with zero attached hydrogens (tertiary/aromatic N) is 5. The van der Waals surface area contributed by atoms with Crippen molar-refractivity contribution in [3.63, 3.8) is 0 Å². The van der Waals surface area contributed by atoms with Crippen molar-refractivity contribution >= 4 is 23.4 Å². The summed E-state index contributed by atoms with van der Waals surface area (Å²) in [6.45, 7) is 5.30. The SMILES string of the molecule is CCOc1nn(CC)cc1-c1nnc(SCc2ccccc2Cl)n1C. The van der Waals surface area contributed by atoms with Crippen LogP contribution in [0.3, 0.4) is 0 Å². The zero-order valence-corrected chi connectivity index (χ0v) is 16.0. The van der Waals surface area contributed by atoms with E-state index in [4.69, 9.17) is 16.3 Å². The third-order valence-electron chi connectivity index (χ3n) is 3.72. The zero-order valence-electron chi connectivity index (χ0n) is 14.4. The predicted octanol–water partition coefficient (Wildman–Crippen LogP) is 4.04. The lowest BCUT2D eigenvalue weighted by atomic mass is 10.2. The number of aryl methyl sites for hydroxylation is 1. The van der Waals surface area contributed by atoms with Gasteiger partial charge in [-0.3, -0.25) is 4.68 Å². The van der Waals surface area contributed by atoms with Gasteiger partial charge in [-0.05, 0) is 25.5 Å². The van der Waals surface area contributed by atoms with E-state index in [1.165, 1.54) is 0 Å². The Kier molecular flexibility index (Phi) is 5.65. The van der Waals surface area contributed by atoms with Crippen LogP contribution in [0.2, 0.25) is 5.02 Å². The van der Waals surface area contributed by atoms with Crippen LogP contribution < -0.4 is 4.74 Å². The molecule has 0 unspecified atom stereocenters. The lowest BCUT2D eigenvalue weighted by molar-refractivity contribution is 0.322. The summed E-state index contributed by atoms with van der Waals surface area (Å²) in [4.78, 5) is 0. The Morgan fingerprint density at radius 2 is 2.00 bits per heavy atom. The molecular formula is C17H20ClN5OS. The van der Waals surface area contributed by atoms with Gasteiger partial charge in [0.15, 0.2) is 11.0 Å². The highest BCUT2D eigenvalue weighted by Crippen LogP contribution is 2.31. The Labute approximate surface area is 156 Å². The van der Waals surface area contributed by atoms with Gasteiger partial charge in [-0.2, -0.15) is 0 Å². The molecule has 0 fully saturated rings. The standard InChI is InChI=1S/C17H20ClN5OS/c1-4-23-10-13(16(21-23)24-5-2)15-19-20-17(22(15)3)25-11-12-8-6-7-9-14(12)18/h6-10H,4-5,11H2,1-3H3. The van der Waals surface area contributed by atoms with Gasteiger partial charge in [-0.1, -0.05) is 41.6 Å². The van der Waals surface area contributed by atoms with Crippen LogP contribution >= 0.6 is 23.4 Å². The second-order valence-electron chi connectivity index (χ2n) is 5.38. The lowest BCUT2D eigenvalue weighted by Gasteiger charge is -2.05. The van der Waals surface area contributed by atoms with Crippen molar-refractivity contribution in [3.8, 4) is 17.3 Å². The van der Waals surface area contributed by atoms with Crippen LogP contribution in [0, 0.1) is 0 Å². The minimum atomic E-state index is 0.555. The summed E-state index contributed by atoms with van der Waals surface area (Å²) < 4.78 is 9.44. The Bertz CT molecular complexity index is 861.